The first-order valence-corrected chi connectivity index (χ1v) is 23.0. The van der Waals surface area contributed by atoms with Crippen LogP contribution < -0.4 is 0 Å². The summed E-state index contributed by atoms with van der Waals surface area (Å²) < 4.78 is 4.79. The maximum Gasteiger partial charge on any atom is 0.238 e. The van der Waals surface area contributed by atoms with E-state index in [1.807, 2.05) is 18.2 Å². The third-order valence-corrected chi connectivity index (χ3v) is 13.2. The molecule has 0 N–H and O–H groups in total. The van der Waals surface area contributed by atoms with Gasteiger partial charge in [0.2, 0.25) is 5.95 Å². The van der Waals surface area contributed by atoms with E-state index in [-0.39, 0.29) is 0 Å². The molecule has 10 aromatic carbocycles. The SMILES string of the molecule is c1ccc(-c2cc(-c3ccccc3)cc(-c3nc(-c4ccccc4)nc(-n4c5ccccc5c5ccc6c7ccccc7n(-c7c(-c8ccccc8)cccc7-c7ccccc7)c6c54)n3)c2)cc1. The zero-order valence-corrected chi connectivity index (χ0v) is 36.9. The second-order valence-electron chi connectivity index (χ2n) is 17.2. The smallest absolute Gasteiger partial charge is 0.238 e. The Hall–Kier alpha value is -9.19. The van der Waals surface area contributed by atoms with Crippen molar-refractivity contribution in [3.8, 4) is 78.9 Å². The molecular weight excluding hydrogens is 827 g/mol. The van der Waals surface area contributed by atoms with Crippen molar-refractivity contribution in [1.82, 2.24) is 24.1 Å². The summed E-state index contributed by atoms with van der Waals surface area (Å²) in [5.41, 5.74) is 16.1. The Morgan fingerprint density at radius 1 is 0.250 bits per heavy atom. The predicted octanol–water partition coefficient (Wildman–Crippen LogP) is 16.1. The van der Waals surface area contributed by atoms with Crippen molar-refractivity contribution < 1.29 is 0 Å². The van der Waals surface area contributed by atoms with Crippen molar-refractivity contribution in [3.05, 3.63) is 249 Å². The number of hydrogen-bond acceptors (Lipinski definition) is 3. The molecule has 0 bridgehead atoms. The van der Waals surface area contributed by atoms with Crippen LogP contribution in [-0.2, 0) is 0 Å². The zero-order valence-electron chi connectivity index (χ0n) is 36.9. The quantitative estimate of drug-likeness (QED) is 0.153. The van der Waals surface area contributed by atoms with E-state index in [1.165, 1.54) is 0 Å². The van der Waals surface area contributed by atoms with Gasteiger partial charge in [-0.3, -0.25) is 4.57 Å². The molecule has 0 spiro atoms. The third kappa shape index (κ3) is 6.59. The van der Waals surface area contributed by atoms with Gasteiger partial charge in [0.15, 0.2) is 11.6 Å². The average molecular weight is 868 g/mol. The van der Waals surface area contributed by atoms with E-state index in [9.17, 15) is 0 Å². The van der Waals surface area contributed by atoms with E-state index >= 15 is 0 Å². The van der Waals surface area contributed by atoms with E-state index in [4.69, 9.17) is 15.0 Å². The average Bonchev–Trinajstić information content (AvgIpc) is 3.95. The van der Waals surface area contributed by atoms with Crippen LogP contribution in [0.15, 0.2) is 249 Å². The van der Waals surface area contributed by atoms with Crippen molar-refractivity contribution in [2.24, 2.45) is 0 Å². The molecule has 0 aliphatic rings. The second-order valence-corrected chi connectivity index (χ2v) is 17.2. The lowest BCUT2D eigenvalue weighted by Gasteiger charge is -2.20. The van der Waals surface area contributed by atoms with E-state index in [0.29, 0.717) is 17.6 Å². The van der Waals surface area contributed by atoms with Crippen LogP contribution in [0, 0.1) is 0 Å². The number of benzene rings is 10. The molecule has 0 saturated heterocycles. The molecule has 0 amide bonds. The highest BCUT2D eigenvalue weighted by Crippen LogP contribution is 2.46. The second kappa shape index (κ2) is 16.4. The number of fused-ring (bicyclic) bond motifs is 7. The van der Waals surface area contributed by atoms with Crippen LogP contribution in [0.2, 0.25) is 0 Å². The molecule has 318 valence electrons. The third-order valence-electron chi connectivity index (χ3n) is 13.2. The zero-order chi connectivity index (χ0) is 45.0. The summed E-state index contributed by atoms with van der Waals surface area (Å²) in [5, 5.41) is 4.52. The fourth-order valence-corrected chi connectivity index (χ4v) is 10.1. The van der Waals surface area contributed by atoms with Gasteiger partial charge >= 0.3 is 0 Å². The van der Waals surface area contributed by atoms with Crippen LogP contribution >= 0.6 is 0 Å². The molecule has 3 aromatic heterocycles. The van der Waals surface area contributed by atoms with Gasteiger partial charge in [-0.05, 0) is 63.7 Å². The molecule has 0 radical (unpaired) electrons. The van der Waals surface area contributed by atoms with E-state index in [1.54, 1.807) is 0 Å². The van der Waals surface area contributed by atoms with Gasteiger partial charge in [-0.1, -0.05) is 218 Å². The summed E-state index contributed by atoms with van der Waals surface area (Å²) in [4.78, 5) is 16.3. The Labute approximate surface area is 393 Å². The Morgan fingerprint density at radius 2 is 0.632 bits per heavy atom. The van der Waals surface area contributed by atoms with Crippen molar-refractivity contribution in [2.75, 3.05) is 0 Å². The lowest BCUT2D eigenvalue weighted by molar-refractivity contribution is 0.953. The number of aromatic nitrogens is 5. The first kappa shape index (κ1) is 39.2. The van der Waals surface area contributed by atoms with Gasteiger partial charge in [-0.25, -0.2) is 4.98 Å². The molecule has 0 aliphatic heterocycles. The summed E-state index contributed by atoms with van der Waals surface area (Å²) >= 11 is 0. The fraction of sp³-hybridized carbons (Fsp3) is 0. The minimum Gasteiger partial charge on any atom is -0.306 e. The summed E-state index contributed by atoms with van der Waals surface area (Å²) in [7, 11) is 0. The number of hydrogen-bond donors (Lipinski definition) is 0. The molecule has 5 nitrogen and oxygen atoms in total. The predicted molar refractivity (Wildman–Crippen MR) is 281 cm³/mol. The topological polar surface area (TPSA) is 48.5 Å². The normalized spacial score (nSPS) is 11.5. The number of para-hydroxylation sites is 3. The van der Waals surface area contributed by atoms with Gasteiger partial charge < -0.3 is 4.57 Å². The molecule has 0 aliphatic carbocycles. The Kier molecular flexibility index (Phi) is 9.43. The Balaban J connectivity index is 1.17. The van der Waals surface area contributed by atoms with Crippen molar-refractivity contribution in [1.29, 1.82) is 0 Å². The van der Waals surface area contributed by atoms with Crippen molar-refractivity contribution >= 4 is 43.6 Å². The molecule has 13 aromatic rings. The van der Waals surface area contributed by atoms with Crippen LogP contribution in [0.5, 0.6) is 0 Å². The minimum atomic E-state index is 0.537. The molecule has 13 rings (SSSR count). The number of rotatable bonds is 8. The van der Waals surface area contributed by atoms with Crippen LogP contribution in [0.25, 0.3) is 123 Å². The van der Waals surface area contributed by atoms with Gasteiger partial charge in [-0.2, -0.15) is 9.97 Å². The first-order chi connectivity index (χ1) is 33.7. The summed E-state index contributed by atoms with van der Waals surface area (Å²) in [6.45, 7) is 0. The molecule has 0 saturated carbocycles. The Morgan fingerprint density at radius 3 is 1.13 bits per heavy atom. The van der Waals surface area contributed by atoms with E-state index in [2.05, 4.69) is 240 Å². The van der Waals surface area contributed by atoms with Gasteiger partial charge in [-0.15, -0.1) is 0 Å². The molecule has 68 heavy (non-hydrogen) atoms. The van der Waals surface area contributed by atoms with E-state index in [0.717, 1.165) is 105 Å². The lowest BCUT2D eigenvalue weighted by atomic mass is 9.95. The standard InChI is InChI=1S/C63H41N5/c1-6-21-42(22-7-1)47-39-48(43-23-8-2-9-24-43)41-49(40-47)62-64-61(46-29-14-5-15-30-46)65-63(66-62)68-57-36-19-17-32-53(57)55-38-37-54-52-31-16-18-35-56(52)67(59(54)60(55)68)58-50(44-25-10-3-11-26-44)33-20-34-51(58)45-27-12-4-13-28-45/h1-41H. The maximum absolute atomic E-state index is 5.57. The van der Waals surface area contributed by atoms with Gasteiger partial charge in [0.1, 0.15) is 0 Å². The molecule has 0 atom stereocenters. The molecule has 0 unspecified atom stereocenters. The van der Waals surface area contributed by atoms with Crippen LogP contribution in [0.4, 0.5) is 0 Å². The molecular formula is C63H41N5. The maximum atomic E-state index is 5.57. The first-order valence-electron chi connectivity index (χ1n) is 23.0. The van der Waals surface area contributed by atoms with Crippen molar-refractivity contribution in [3.63, 3.8) is 0 Å². The van der Waals surface area contributed by atoms with E-state index < -0.39 is 0 Å². The highest BCUT2D eigenvalue weighted by molar-refractivity contribution is 6.24. The molecule has 0 fully saturated rings. The van der Waals surface area contributed by atoms with Crippen LogP contribution in [0.1, 0.15) is 0 Å². The van der Waals surface area contributed by atoms with Crippen LogP contribution in [0.3, 0.4) is 0 Å². The molecule has 5 heteroatoms. The monoisotopic (exact) mass is 867 g/mol. The van der Waals surface area contributed by atoms with Gasteiger partial charge in [0, 0.05) is 43.8 Å². The van der Waals surface area contributed by atoms with Gasteiger partial charge in [0.25, 0.3) is 0 Å². The van der Waals surface area contributed by atoms with Gasteiger partial charge in [0.05, 0.1) is 27.8 Å². The summed E-state index contributed by atoms with van der Waals surface area (Å²) in [6, 6.07) is 88.2. The van der Waals surface area contributed by atoms with Crippen LogP contribution in [-0.4, -0.2) is 24.1 Å². The molecule has 3 heterocycles. The summed E-state index contributed by atoms with van der Waals surface area (Å²) in [6.07, 6.45) is 0. The Bertz CT molecular complexity index is 3880. The van der Waals surface area contributed by atoms with Crippen molar-refractivity contribution in [2.45, 2.75) is 0 Å². The fourth-order valence-electron chi connectivity index (χ4n) is 10.1. The number of nitrogens with zero attached hydrogens (tertiary/aromatic N) is 5. The largest absolute Gasteiger partial charge is 0.306 e. The summed E-state index contributed by atoms with van der Waals surface area (Å²) in [5.74, 6) is 1.72. The highest BCUT2D eigenvalue weighted by Gasteiger charge is 2.26. The highest BCUT2D eigenvalue weighted by atomic mass is 15.2. The minimum absolute atomic E-state index is 0.537. The lowest BCUT2D eigenvalue weighted by Crippen LogP contribution is -2.08.